The minimum Gasteiger partial charge on any atom is -0.497 e. The Bertz CT molecular complexity index is 1300. The normalized spacial score (nSPS) is 22.8. The van der Waals surface area contributed by atoms with Crippen molar-refractivity contribution in [2.24, 2.45) is 16.8 Å². The van der Waals surface area contributed by atoms with Crippen molar-refractivity contribution in [3.8, 4) is 11.5 Å². The molecule has 2 aliphatic rings. The van der Waals surface area contributed by atoms with Crippen molar-refractivity contribution in [2.45, 2.75) is 39.0 Å². The Morgan fingerprint density at radius 3 is 2.37 bits per heavy atom. The molecule has 0 spiro atoms. The van der Waals surface area contributed by atoms with E-state index in [4.69, 9.17) is 23.9 Å². The number of Topliss-reactive ketones (excluding diaryl/α,β-unsaturated/α-hetero) is 1. The van der Waals surface area contributed by atoms with Crippen molar-refractivity contribution in [1.29, 1.82) is 0 Å². The van der Waals surface area contributed by atoms with Gasteiger partial charge in [0.15, 0.2) is 5.78 Å². The molecule has 0 radical (unpaired) electrons. The van der Waals surface area contributed by atoms with Gasteiger partial charge in [0.25, 0.3) is 0 Å². The number of aliphatic imine (C=N–C) groups is 1. The molecule has 1 aliphatic heterocycles. The third-order valence-electron chi connectivity index (χ3n) is 7.18. The van der Waals surface area contributed by atoms with E-state index in [1.54, 1.807) is 41.1 Å². The maximum absolute atomic E-state index is 14.4. The average Bonchev–Trinajstić information content (AvgIpc) is 2.92. The summed E-state index contributed by atoms with van der Waals surface area (Å²) in [6.07, 6.45) is 0.339. The number of esters is 2. The summed E-state index contributed by atoms with van der Waals surface area (Å²) in [6.45, 7) is 5.50. The molecule has 1 saturated carbocycles. The Kier molecular flexibility index (Phi) is 8.29. The molecule has 1 fully saturated rings. The Morgan fingerprint density at radius 1 is 0.947 bits per heavy atom. The SMILES string of the molecule is CCOC(=O)C1=C(C)N=C2C[C@@H](c3cccc(OC)c3)[C@H](C(=O)OCC)C(=O)C2[C@@H]1c1ccccc1OC. The van der Waals surface area contributed by atoms with Crippen molar-refractivity contribution >= 4 is 23.4 Å². The molecule has 4 rings (SSSR count). The van der Waals surface area contributed by atoms with Gasteiger partial charge in [0.1, 0.15) is 17.4 Å². The number of hydrogen-bond acceptors (Lipinski definition) is 8. The quantitative estimate of drug-likeness (QED) is 0.370. The first-order valence-electron chi connectivity index (χ1n) is 12.8. The zero-order valence-electron chi connectivity index (χ0n) is 22.4. The molecule has 200 valence electrons. The Labute approximate surface area is 222 Å². The van der Waals surface area contributed by atoms with Crippen LogP contribution < -0.4 is 9.47 Å². The second-order valence-electron chi connectivity index (χ2n) is 9.24. The third-order valence-corrected chi connectivity index (χ3v) is 7.18. The number of para-hydroxylation sites is 1. The Morgan fingerprint density at radius 2 is 1.68 bits per heavy atom. The van der Waals surface area contributed by atoms with E-state index in [1.165, 1.54) is 0 Å². The predicted molar refractivity (Wildman–Crippen MR) is 141 cm³/mol. The molecule has 1 unspecified atom stereocenters. The minimum atomic E-state index is -1.08. The molecule has 0 bridgehead atoms. The first-order valence-corrected chi connectivity index (χ1v) is 12.8. The Balaban J connectivity index is 1.92. The smallest absolute Gasteiger partial charge is 0.336 e. The van der Waals surface area contributed by atoms with Crippen LogP contribution in [0.3, 0.4) is 0 Å². The van der Waals surface area contributed by atoms with Gasteiger partial charge in [0.2, 0.25) is 0 Å². The first kappa shape index (κ1) is 27.1. The van der Waals surface area contributed by atoms with Gasteiger partial charge in [-0.15, -0.1) is 0 Å². The van der Waals surface area contributed by atoms with Crippen LogP contribution in [0.5, 0.6) is 11.5 Å². The summed E-state index contributed by atoms with van der Waals surface area (Å²) in [7, 11) is 3.11. The number of allylic oxidation sites excluding steroid dienone is 1. The van der Waals surface area contributed by atoms with Crippen LogP contribution in [0.4, 0.5) is 0 Å². The van der Waals surface area contributed by atoms with Gasteiger partial charge in [-0.25, -0.2) is 4.79 Å². The standard InChI is InChI=1S/C30H33NO7/c1-6-37-29(33)24-17(3)31-22-16-21(18-11-10-12-19(15-18)35-4)26(30(34)38-7-2)28(32)27(22)25(24)20-13-8-9-14-23(20)36-5/h8-15,21,25-27H,6-7,16H2,1-5H3/t21-,25+,26-,27?/m0/s1. The number of carbonyl (C=O) groups is 3. The number of ketones is 1. The van der Waals surface area contributed by atoms with Crippen molar-refractivity contribution in [1.82, 2.24) is 0 Å². The fourth-order valence-corrected chi connectivity index (χ4v) is 5.60. The average molecular weight is 520 g/mol. The van der Waals surface area contributed by atoms with Crippen LogP contribution in [-0.2, 0) is 23.9 Å². The highest BCUT2D eigenvalue weighted by molar-refractivity contribution is 6.18. The van der Waals surface area contributed by atoms with Crippen LogP contribution in [0, 0.1) is 11.8 Å². The second kappa shape index (κ2) is 11.6. The van der Waals surface area contributed by atoms with Crippen LogP contribution in [0.25, 0.3) is 0 Å². The van der Waals surface area contributed by atoms with Crippen LogP contribution in [-0.4, -0.2) is 50.9 Å². The number of hydrogen-bond donors (Lipinski definition) is 0. The lowest BCUT2D eigenvalue weighted by atomic mass is 9.62. The lowest BCUT2D eigenvalue weighted by molar-refractivity contribution is -0.153. The number of nitrogens with zero attached hydrogens (tertiary/aromatic N) is 1. The number of ether oxygens (including phenoxy) is 4. The van der Waals surface area contributed by atoms with Gasteiger partial charge in [0, 0.05) is 28.8 Å². The fraction of sp³-hybridized carbons (Fsp3) is 0.400. The van der Waals surface area contributed by atoms with E-state index in [0.717, 1.165) is 5.56 Å². The van der Waals surface area contributed by atoms with Crippen LogP contribution in [0.1, 0.15) is 50.2 Å². The van der Waals surface area contributed by atoms with E-state index in [1.807, 2.05) is 42.5 Å². The van der Waals surface area contributed by atoms with E-state index >= 15 is 0 Å². The second-order valence-corrected chi connectivity index (χ2v) is 9.24. The zero-order chi connectivity index (χ0) is 27.4. The minimum absolute atomic E-state index is 0.141. The van der Waals surface area contributed by atoms with E-state index in [9.17, 15) is 14.4 Å². The number of fused-ring (bicyclic) bond motifs is 1. The third kappa shape index (κ3) is 4.95. The lowest BCUT2D eigenvalue weighted by Gasteiger charge is -2.41. The zero-order valence-corrected chi connectivity index (χ0v) is 22.4. The predicted octanol–water partition coefficient (Wildman–Crippen LogP) is 4.63. The summed E-state index contributed by atoms with van der Waals surface area (Å²) in [5.74, 6) is -3.48. The van der Waals surface area contributed by atoms with Gasteiger partial charge in [-0.3, -0.25) is 14.6 Å². The molecule has 2 aromatic carbocycles. The van der Waals surface area contributed by atoms with Gasteiger partial charge in [-0.2, -0.15) is 0 Å². The van der Waals surface area contributed by atoms with Crippen molar-refractivity contribution in [3.05, 3.63) is 70.9 Å². The number of benzene rings is 2. The van der Waals surface area contributed by atoms with E-state index in [0.29, 0.717) is 40.5 Å². The molecule has 0 saturated heterocycles. The van der Waals surface area contributed by atoms with Gasteiger partial charge < -0.3 is 18.9 Å². The number of carbonyl (C=O) groups excluding carboxylic acids is 3. The molecule has 4 atom stereocenters. The number of rotatable bonds is 8. The largest absolute Gasteiger partial charge is 0.497 e. The summed E-state index contributed by atoms with van der Waals surface area (Å²) >= 11 is 0. The highest BCUT2D eigenvalue weighted by atomic mass is 16.5. The molecule has 0 N–H and O–H groups in total. The van der Waals surface area contributed by atoms with E-state index in [-0.39, 0.29) is 19.0 Å². The molecular formula is C30H33NO7. The molecule has 1 aliphatic carbocycles. The van der Waals surface area contributed by atoms with Crippen LogP contribution in [0.2, 0.25) is 0 Å². The molecule has 1 heterocycles. The van der Waals surface area contributed by atoms with Crippen molar-refractivity contribution in [2.75, 3.05) is 27.4 Å². The highest BCUT2D eigenvalue weighted by Crippen LogP contribution is 2.50. The molecular weight excluding hydrogens is 486 g/mol. The highest BCUT2D eigenvalue weighted by Gasteiger charge is 2.53. The topological polar surface area (TPSA) is 100 Å². The van der Waals surface area contributed by atoms with Gasteiger partial charge in [-0.05, 0) is 51.0 Å². The monoisotopic (exact) mass is 519 g/mol. The molecule has 8 nitrogen and oxygen atoms in total. The van der Waals surface area contributed by atoms with Gasteiger partial charge in [-0.1, -0.05) is 30.3 Å². The number of methoxy groups -OCH3 is 2. The molecule has 0 aromatic heterocycles. The van der Waals surface area contributed by atoms with Crippen LogP contribution >= 0.6 is 0 Å². The summed E-state index contributed by atoms with van der Waals surface area (Å²) < 4.78 is 21.8. The Hall–Kier alpha value is -3.94. The molecule has 0 amide bonds. The molecule has 2 aromatic rings. The summed E-state index contributed by atoms with van der Waals surface area (Å²) in [4.78, 5) is 45.7. The lowest BCUT2D eigenvalue weighted by Crippen LogP contribution is -2.48. The van der Waals surface area contributed by atoms with Gasteiger partial charge in [0.05, 0.1) is 38.9 Å². The first-order chi connectivity index (χ1) is 18.4. The van der Waals surface area contributed by atoms with E-state index in [2.05, 4.69) is 0 Å². The van der Waals surface area contributed by atoms with Crippen LogP contribution in [0.15, 0.2) is 64.8 Å². The molecule has 38 heavy (non-hydrogen) atoms. The van der Waals surface area contributed by atoms with Gasteiger partial charge >= 0.3 is 11.9 Å². The summed E-state index contributed by atoms with van der Waals surface area (Å²) in [5, 5.41) is 0. The van der Waals surface area contributed by atoms with Crippen molar-refractivity contribution in [3.63, 3.8) is 0 Å². The molecule has 8 heteroatoms. The fourth-order valence-electron chi connectivity index (χ4n) is 5.60. The van der Waals surface area contributed by atoms with E-state index < -0.39 is 35.6 Å². The maximum atomic E-state index is 14.4. The maximum Gasteiger partial charge on any atom is 0.336 e. The summed E-state index contributed by atoms with van der Waals surface area (Å²) in [5.41, 5.74) is 2.83. The van der Waals surface area contributed by atoms with Crippen molar-refractivity contribution < 1.29 is 33.3 Å². The summed E-state index contributed by atoms with van der Waals surface area (Å²) in [6, 6.07) is 14.6.